The molecule has 3 nitrogen and oxygen atoms in total. The Kier molecular flexibility index (Phi) is 21500. The van der Waals surface area contributed by atoms with Crippen LogP contribution in [0.5, 0.6) is 0 Å². The van der Waals surface area contributed by atoms with E-state index >= 15 is 0 Å². The van der Waals surface area contributed by atoms with Gasteiger partial charge in [-0.05, 0) is 13.8 Å². The Balaban J connectivity index is -0.0000000100. The van der Waals surface area contributed by atoms with Crippen molar-refractivity contribution in [1.82, 2.24) is 0 Å². The van der Waals surface area contributed by atoms with Crippen LogP contribution in [0.25, 0.3) is 0 Å². The van der Waals surface area contributed by atoms with Gasteiger partial charge in [0, 0.05) is 13.2 Å². The third-order valence-corrected chi connectivity index (χ3v) is 0.508. The van der Waals surface area contributed by atoms with Crippen molar-refractivity contribution in [2.45, 2.75) is 13.8 Å². The molecule has 0 aromatic heterocycles. The second-order valence-corrected chi connectivity index (χ2v) is 1.23. The first-order valence-electron chi connectivity index (χ1n) is 9.12. The summed E-state index contributed by atoms with van der Waals surface area (Å²) in [4.78, 5) is 0. The second kappa shape index (κ2) is 7150. The van der Waals surface area contributed by atoms with Crippen molar-refractivity contribution < 1.29 is 14.9 Å². The van der Waals surface area contributed by atoms with Crippen molar-refractivity contribution in [3.63, 3.8) is 0 Å². The molecule has 0 unspecified atom stereocenters. The molecule has 33 heavy (non-hydrogen) atoms. The zero-order chi connectivity index (χ0) is 31.5. The van der Waals surface area contributed by atoms with Crippen LogP contribution in [0.3, 0.4) is 0 Å². The predicted molar refractivity (Wildman–Crippen MR) is 171 cm³/mol. The number of aliphatic hydroxyl groups is 2. The summed E-state index contributed by atoms with van der Waals surface area (Å²) < 4.78 is 4.83. The molecule has 202 valence electrons. The molecule has 0 aromatic rings. The standard InChI is InChI=1S/C4H10O.C2H6O2.12C2H4/c1-3-5-4-2;3-1-2-4;12*1-2/h3-4H2,1-2H3;3-4H,1-2H2;12*1-2H2. The molecular formula is C30H64O3. The van der Waals surface area contributed by atoms with E-state index in [0.717, 1.165) is 13.2 Å². The highest BCUT2D eigenvalue weighted by atomic mass is 16.5. The van der Waals surface area contributed by atoms with Gasteiger partial charge < -0.3 is 14.9 Å². The maximum Gasteiger partial charge on any atom is 0.0662 e. The van der Waals surface area contributed by atoms with E-state index < -0.39 is 0 Å². The fourth-order valence-corrected chi connectivity index (χ4v) is 0.204. The van der Waals surface area contributed by atoms with Gasteiger partial charge in [0.15, 0.2) is 0 Å². The number of rotatable bonds is 3. The van der Waals surface area contributed by atoms with Crippen molar-refractivity contribution in [1.29, 1.82) is 0 Å². The van der Waals surface area contributed by atoms with Gasteiger partial charge in [0.05, 0.1) is 13.2 Å². The lowest BCUT2D eigenvalue weighted by molar-refractivity contribution is 0.162. The lowest BCUT2D eigenvalue weighted by atomic mass is 10.8. The molecular weight excluding hydrogens is 408 g/mol. The zero-order valence-electron chi connectivity index (χ0n) is 23.1. The van der Waals surface area contributed by atoms with Crippen molar-refractivity contribution >= 4 is 0 Å². The summed E-state index contributed by atoms with van der Waals surface area (Å²) in [6.07, 6.45) is 0. The van der Waals surface area contributed by atoms with Gasteiger partial charge in [-0.3, -0.25) is 0 Å². The summed E-state index contributed by atoms with van der Waals surface area (Å²) in [6, 6.07) is 0. The smallest absolute Gasteiger partial charge is 0.0662 e. The fraction of sp³-hybridized carbons (Fsp3) is 0.200. The van der Waals surface area contributed by atoms with Crippen LogP contribution in [-0.4, -0.2) is 36.6 Å². The molecule has 0 fully saturated rings. The zero-order valence-corrected chi connectivity index (χ0v) is 23.1. The van der Waals surface area contributed by atoms with E-state index in [1.807, 2.05) is 13.8 Å². The van der Waals surface area contributed by atoms with Gasteiger partial charge in [-0.2, -0.15) is 0 Å². The highest BCUT2D eigenvalue weighted by Gasteiger charge is 1.64. The van der Waals surface area contributed by atoms with Gasteiger partial charge in [-0.25, -0.2) is 0 Å². The number of aliphatic hydroxyl groups excluding tert-OH is 2. The van der Waals surface area contributed by atoms with E-state index in [2.05, 4.69) is 158 Å². The number of hydrogen-bond acceptors (Lipinski definition) is 3. The summed E-state index contributed by atoms with van der Waals surface area (Å²) in [5.41, 5.74) is 0. The molecule has 0 rings (SSSR count). The van der Waals surface area contributed by atoms with Gasteiger partial charge in [0.25, 0.3) is 0 Å². The molecule has 0 saturated heterocycles. The monoisotopic (exact) mass is 472 g/mol. The largest absolute Gasteiger partial charge is 0.394 e. The minimum absolute atomic E-state index is 0.125. The SMILES string of the molecule is C=C.C=C.C=C.C=C.C=C.C=C.C=C.C=C.C=C.C=C.C=C.C=C.CCOCC.OCCO. The molecule has 0 aliphatic heterocycles. The summed E-state index contributed by atoms with van der Waals surface area (Å²) in [6.45, 7) is 77.4. The minimum Gasteiger partial charge on any atom is -0.394 e. The third kappa shape index (κ3) is 358000. The van der Waals surface area contributed by atoms with Crippen molar-refractivity contribution in [3.8, 4) is 0 Å². The van der Waals surface area contributed by atoms with E-state index in [0.29, 0.717) is 0 Å². The van der Waals surface area contributed by atoms with Crippen LogP contribution in [-0.2, 0) is 4.74 Å². The van der Waals surface area contributed by atoms with Crippen LogP contribution in [0.4, 0.5) is 0 Å². The summed E-state index contributed by atoms with van der Waals surface area (Å²) in [5, 5.41) is 15.2. The van der Waals surface area contributed by atoms with Crippen molar-refractivity contribution in [2.24, 2.45) is 0 Å². The van der Waals surface area contributed by atoms with Crippen LogP contribution in [0, 0.1) is 0 Å². The molecule has 0 aliphatic carbocycles. The average molecular weight is 473 g/mol. The van der Waals surface area contributed by atoms with Crippen LogP contribution >= 0.6 is 0 Å². The van der Waals surface area contributed by atoms with Gasteiger partial charge >= 0.3 is 0 Å². The van der Waals surface area contributed by atoms with Gasteiger partial charge in [0.1, 0.15) is 0 Å². The quantitative estimate of drug-likeness (QED) is 0.402. The van der Waals surface area contributed by atoms with Crippen molar-refractivity contribution in [3.05, 3.63) is 158 Å². The summed E-state index contributed by atoms with van der Waals surface area (Å²) in [7, 11) is 0. The van der Waals surface area contributed by atoms with Crippen LogP contribution in [0.1, 0.15) is 13.8 Å². The van der Waals surface area contributed by atoms with Crippen LogP contribution in [0.15, 0.2) is 158 Å². The molecule has 0 spiro atoms. The van der Waals surface area contributed by atoms with Gasteiger partial charge in [-0.15, -0.1) is 158 Å². The molecule has 0 bridgehead atoms. The second-order valence-electron chi connectivity index (χ2n) is 1.23. The Bertz CT molecular complexity index is 106. The number of ether oxygens (including phenoxy) is 1. The first-order chi connectivity index (χ1) is 16.3. The van der Waals surface area contributed by atoms with E-state index in [4.69, 9.17) is 14.9 Å². The first-order valence-corrected chi connectivity index (χ1v) is 9.12. The number of hydrogen-bond donors (Lipinski definition) is 2. The highest BCUT2D eigenvalue weighted by Crippen LogP contribution is 1.64. The Morgan fingerprint density at radius 3 is 0.424 bits per heavy atom. The maximum atomic E-state index is 7.62. The van der Waals surface area contributed by atoms with E-state index in [9.17, 15) is 0 Å². The van der Waals surface area contributed by atoms with Gasteiger partial charge in [-0.1, -0.05) is 0 Å². The normalized spacial score (nSPS) is 3.64. The highest BCUT2D eigenvalue weighted by molar-refractivity contribution is 4.24. The summed E-state index contributed by atoms with van der Waals surface area (Å²) in [5.74, 6) is 0. The molecule has 0 heterocycles. The average Bonchev–Trinajstić information content (AvgIpc) is 3.02. The Hall–Kier alpha value is -3.24. The molecule has 0 amide bonds. The lowest BCUT2D eigenvalue weighted by Crippen LogP contribution is -1.85. The molecule has 0 radical (unpaired) electrons. The van der Waals surface area contributed by atoms with Gasteiger partial charge in [0.2, 0.25) is 0 Å². The van der Waals surface area contributed by atoms with Crippen LogP contribution < -0.4 is 0 Å². The third-order valence-electron chi connectivity index (χ3n) is 0.508. The summed E-state index contributed by atoms with van der Waals surface area (Å²) >= 11 is 0. The molecule has 2 N–H and O–H groups in total. The molecule has 0 aliphatic rings. The molecule has 0 atom stereocenters. The molecule has 0 saturated carbocycles. The maximum absolute atomic E-state index is 7.62. The minimum atomic E-state index is -0.125. The molecule has 0 aromatic carbocycles. The lowest BCUT2D eigenvalue weighted by Gasteiger charge is -1.86. The molecule has 3 heteroatoms. The van der Waals surface area contributed by atoms with Crippen molar-refractivity contribution in [2.75, 3.05) is 26.4 Å². The van der Waals surface area contributed by atoms with Crippen LogP contribution in [0.2, 0.25) is 0 Å². The van der Waals surface area contributed by atoms with E-state index in [1.165, 1.54) is 0 Å². The first kappa shape index (κ1) is 99.1. The van der Waals surface area contributed by atoms with E-state index in [1.54, 1.807) is 0 Å². The Labute approximate surface area is 213 Å². The topological polar surface area (TPSA) is 49.7 Å². The Morgan fingerprint density at radius 1 is 0.333 bits per heavy atom. The van der Waals surface area contributed by atoms with E-state index in [-0.39, 0.29) is 13.2 Å². The Morgan fingerprint density at radius 2 is 0.424 bits per heavy atom. The fourth-order valence-electron chi connectivity index (χ4n) is 0.204. The predicted octanol–water partition coefficient (Wildman–Crippen LogP) is 9.64.